The van der Waals surface area contributed by atoms with Crippen LogP contribution in [0.4, 0.5) is 0 Å². The Balaban J connectivity index is 0.00000420. The van der Waals surface area contributed by atoms with E-state index in [0.717, 1.165) is 25.2 Å². The number of unbranched alkanes of at least 4 members (excludes halogenated alkanes) is 10. The molecule has 0 saturated heterocycles. The Morgan fingerprint density at radius 2 is 1.41 bits per heavy atom. The van der Waals surface area contributed by atoms with E-state index in [1.807, 2.05) is 6.07 Å². The van der Waals surface area contributed by atoms with Gasteiger partial charge in [-0.05, 0) is 18.9 Å². The molecule has 1 aromatic rings. The standard InChI is InChI=1S/C25H43N2O.ClH/c1-3-5-6-7-8-9-10-11-12-13-17-20-24-22-27(28,4-2)25(26-24)21-23-18-15-14-16-19-23;/h14-16,18-19,24,28H,3-13,17,20-22H2,1-2H3;1H/q+1;/p-1. The van der Waals surface area contributed by atoms with E-state index in [9.17, 15) is 5.21 Å². The second-order valence-electron chi connectivity index (χ2n) is 8.61. The van der Waals surface area contributed by atoms with Gasteiger partial charge in [-0.3, -0.25) is 0 Å². The third-order valence-electron chi connectivity index (χ3n) is 6.19. The monoisotopic (exact) mass is 422 g/mol. The molecule has 0 saturated carbocycles. The number of halogens is 1. The van der Waals surface area contributed by atoms with E-state index in [1.165, 1.54) is 76.2 Å². The second-order valence-corrected chi connectivity index (χ2v) is 8.61. The van der Waals surface area contributed by atoms with Crippen molar-refractivity contribution in [3.05, 3.63) is 35.9 Å². The van der Waals surface area contributed by atoms with Gasteiger partial charge in [0.2, 0.25) is 5.84 Å². The van der Waals surface area contributed by atoms with Crippen LogP contribution in [-0.4, -0.2) is 34.8 Å². The third kappa shape index (κ3) is 9.63. The quantitative estimate of drug-likeness (QED) is 0.337. The van der Waals surface area contributed by atoms with E-state index in [1.54, 1.807) is 0 Å². The predicted octanol–water partition coefficient (Wildman–Crippen LogP) is 3.94. The molecule has 2 atom stereocenters. The van der Waals surface area contributed by atoms with Crippen molar-refractivity contribution >= 4 is 5.84 Å². The summed E-state index contributed by atoms with van der Waals surface area (Å²) >= 11 is 0. The number of aliphatic imine (C=N–C) groups is 1. The van der Waals surface area contributed by atoms with E-state index in [0.29, 0.717) is 12.6 Å². The molecule has 166 valence electrons. The maximum atomic E-state index is 11.0. The van der Waals surface area contributed by atoms with Crippen molar-refractivity contribution in [3.8, 4) is 0 Å². The second kappa shape index (κ2) is 15.0. The van der Waals surface area contributed by atoms with Crippen LogP contribution in [-0.2, 0) is 6.42 Å². The Hall–Kier alpha value is -0.900. The summed E-state index contributed by atoms with van der Waals surface area (Å²) in [4.78, 5) is 4.93. The lowest BCUT2D eigenvalue weighted by molar-refractivity contribution is -1.03. The van der Waals surface area contributed by atoms with Gasteiger partial charge < -0.3 is 12.4 Å². The normalized spacial score (nSPS) is 21.1. The Bertz CT molecular complexity index is 563. The van der Waals surface area contributed by atoms with Crippen LogP contribution in [0.25, 0.3) is 0 Å². The molecule has 1 aliphatic heterocycles. The predicted molar refractivity (Wildman–Crippen MR) is 120 cm³/mol. The zero-order valence-corrected chi connectivity index (χ0v) is 19.5. The Morgan fingerprint density at radius 1 is 0.862 bits per heavy atom. The zero-order valence-electron chi connectivity index (χ0n) is 18.8. The van der Waals surface area contributed by atoms with Crippen molar-refractivity contribution in [1.82, 2.24) is 0 Å². The first-order valence-electron chi connectivity index (χ1n) is 11.9. The average molecular weight is 423 g/mol. The highest BCUT2D eigenvalue weighted by Gasteiger charge is 2.40. The summed E-state index contributed by atoms with van der Waals surface area (Å²) in [5.41, 5.74) is 1.24. The molecule has 0 bridgehead atoms. The highest BCUT2D eigenvalue weighted by atomic mass is 35.5. The number of hydrogen-bond acceptors (Lipinski definition) is 2. The number of quaternary nitrogens is 1. The van der Waals surface area contributed by atoms with E-state index >= 15 is 0 Å². The number of hydroxylamine groups is 3. The fraction of sp³-hybridized carbons (Fsp3) is 0.720. The van der Waals surface area contributed by atoms with Gasteiger partial charge >= 0.3 is 0 Å². The van der Waals surface area contributed by atoms with E-state index < -0.39 is 0 Å². The molecule has 0 aliphatic carbocycles. The summed E-state index contributed by atoms with van der Waals surface area (Å²) in [5, 5.41) is 11.0. The zero-order chi connectivity index (χ0) is 20.1. The van der Waals surface area contributed by atoms with Crippen LogP contribution in [0.2, 0.25) is 0 Å². The van der Waals surface area contributed by atoms with Crippen molar-refractivity contribution < 1.29 is 22.3 Å². The largest absolute Gasteiger partial charge is 1.00 e. The van der Waals surface area contributed by atoms with E-state index in [4.69, 9.17) is 4.99 Å². The van der Waals surface area contributed by atoms with Gasteiger partial charge in [0.1, 0.15) is 19.1 Å². The summed E-state index contributed by atoms with van der Waals surface area (Å²) in [5.74, 6) is 0.946. The summed E-state index contributed by atoms with van der Waals surface area (Å²) < 4.78 is 0.0393. The summed E-state index contributed by atoms with van der Waals surface area (Å²) in [6.45, 7) is 5.81. The third-order valence-corrected chi connectivity index (χ3v) is 6.19. The molecule has 1 aromatic carbocycles. The Morgan fingerprint density at radius 3 is 1.97 bits per heavy atom. The molecule has 1 N–H and O–H groups in total. The summed E-state index contributed by atoms with van der Waals surface area (Å²) in [6, 6.07) is 10.7. The SMILES string of the molecule is CCCCCCCCCCCCCC1C[N+](O)(CC)C(Cc2ccccc2)=N1.[Cl-]. The van der Waals surface area contributed by atoms with Gasteiger partial charge in [-0.15, -0.1) is 4.65 Å². The first-order valence-corrected chi connectivity index (χ1v) is 11.9. The van der Waals surface area contributed by atoms with Gasteiger partial charge in [-0.25, -0.2) is 10.2 Å². The number of benzene rings is 1. The number of rotatable bonds is 15. The number of nitrogens with zero attached hydrogens (tertiary/aromatic N) is 2. The van der Waals surface area contributed by atoms with E-state index in [2.05, 4.69) is 38.1 Å². The molecule has 0 amide bonds. The van der Waals surface area contributed by atoms with Crippen LogP contribution in [0.5, 0.6) is 0 Å². The lowest BCUT2D eigenvalue weighted by atomic mass is 10.0. The van der Waals surface area contributed by atoms with Gasteiger partial charge in [0.25, 0.3) is 0 Å². The first-order chi connectivity index (χ1) is 13.7. The summed E-state index contributed by atoms with van der Waals surface area (Å²) in [7, 11) is 0. The molecule has 2 rings (SSSR count). The highest BCUT2D eigenvalue weighted by Crippen LogP contribution is 2.23. The van der Waals surface area contributed by atoms with Gasteiger partial charge in [0, 0.05) is 0 Å². The van der Waals surface area contributed by atoms with Gasteiger partial charge in [0.15, 0.2) is 0 Å². The highest BCUT2D eigenvalue weighted by molar-refractivity contribution is 5.79. The van der Waals surface area contributed by atoms with Crippen molar-refractivity contribution in [2.24, 2.45) is 4.99 Å². The van der Waals surface area contributed by atoms with Crippen LogP contribution >= 0.6 is 0 Å². The van der Waals surface area contributed by atoms with Crippen LogP contribution < -0.4 is 12.4 Å². The first kappa shape index (κ1) is 26.1. The van der Waals surface area contributed by atoms with E-state index in [-0.39, 0.29) is 17.1 Å². The van der Waals surface area contributed by atoms with Crippen LogP contribution in [0.15, 0.2) is 35.3 Å². The lowest BCUT2D eigenvalue weighted by Crippen LogP contribution is -3.00. The van der Waals surface area contributed by atoms with Crippen molar-refractivity contribution in [2.45, 2.75) is 103 Å². The molecular formula is C25H43ClN2O. The molecule has 0 spiro atoms. The molecule has 3 nitrogen and oxygen atoms in total. The fourth-order valence-electron chi connectivity index (χ4n) is 4.30. The van der Waals surface area contributed by atoms with Crippen LogP contribution in [0.3, 0.4) is 0 Å². The number of hydrogen-bond donors (Lipinski definition) is 1. The van der Waals surface area contributed by atoms with Crippen molar-refractivity contribution in [3.63, 3.8) is 0 Å². The topological polar surface area (TPSA) is 32.6 Å². The molecule has 1 aliphatic rings. The molecule has 4 heteroatoms. The summed E-state index contributed by atoms with van der Waals surface area (Å²) in [6.07, 6.45) is 17.0. The maximum Gasteiger partial charge on any atom is 0.235 e. The molecule has 29 heavy (non-hydrogen) atoms. The van der Waals surface area contributed by atoms with Crippen molar-refractivity contribution in [2.75, 3.05) is 13.1 Å². The fourth-order valence-corrected chi connectivity index (χ4v) is 4.30. The van der Waals surface area contributed by atoms with Crippen LogP contribution in [0, 0.1) is 0 Å². The minimum Gasteiger partial charge on any atom is -1.00 e. The average Bonchev–Trinajstić information content (AvgIpc) is 3.03. The Kier molecular flexibility index (Phi) is 13.5. The van der Waals surface area contributed by atoms with Crippen LogP contribution in [0.1, 0.15) is 96.5 Å². The molecule has 0 aromatic heterocycles. The molecular weight excluding hydrogens is 380 g/mol. The van der Waals surface area contributed by atoms with Crippen molar-refractivity contribution in [1.29, 1.82) is 0 Å². The van der Waals surface area contributed by atoms with Gasteiger partial charge in [0.05, 0.1) is 6.42 Å². The maximum absolute atomic E-state index is 11.0. The van der Waals surface area contributed by atoms with Gasteiger partial charge in [-0.1, -0.05) is 108 Å². The number of likely N-dealkylation sites (N-methyl/N-ethyl adjacent to an activating group) is 1. The molecule has 2 unspecified atom stereocenters. The number of amidine groups is 1. The van der Waals surface area contributed by atoms with Gasteiger partial charge in [-0.2, -0.15) is 0 Å². The smallest absolute Gasteiger partial charge is 0.235 e. The molecule has 1 heterocycles. The molecule has 0 radical (unpaired) electrons. The minimum atomic E-state index is 0. The Labute approximate surface area is 185 Å². The lowest BCUT2D eigenvalue weighted by Gasteiger charge is -2.24. The molecule has 0 fully saturated rings. The minimum absolute atomic E-state index is 0.